The van der Waals surface area contributed by atoms with Gasteiger partial charge >= 0.3 is 0 Å². The molecule has 0 radical (unpaired) electrons. The first-order valence-corrected chi connectivity index (χ1v) is 12.0. The molecule has 2 heterocycles. The summed E-state index contributed by atoms with van der Waals surface area (Å²) in [6, 6.07) is 13.9. The number of rotatable bonds is 6. The van der Waals surface area contributed by atoms with Gasteiger partial charge in [-0.05, 0) is 68.1 Å². The highest BCUT2D eigenvalue weighted by Gasteiger charge is 2.32. The number of likely N-dealkylation sites (tertiary alicyclic amines) is 1. The maximum absolute atomic E-state index is 13.2. The Labute approximate surface area is 181 Å². The van der Waals surface area contributed by atoms with Crippen molar-refractivity contribution >= 4 is 26.8 Å². The van der Waals surface area contributed by atoms with Crippen molar-refractivity contribution < 1.29 is 13.2 Å². The van der Waals surface area contributed by atoms with Crippen LogP contribution in [0.5, 0.6) is 0 Å². The molecule has 1 atom stereocenters. The number of hydrogen-bond donors (Lipinski definition) is 1. The summed E-state index contributed by atoms with van der Waals surface area (Å²) in [6.07, 6.45) is 2.22. The summed E-state index contributed by atoms with van der Waals surface area (Å²) < 4.78 is 24.7. The molecule has 0 spiro atoms. The lowest BCUT2D eigenvalue weighted by Gasteiger charge is -2.23. The highest BCUT2D eigenvalue weighted by Crippen LogP contribution is 2.33. The van der Waals surface area contributed by atoms with Crippen molar-refractivity contribution in [1.29, 1.82) is 5.26 Å². The fourth-order valence-corrected chi connectivity index (χ4v) is 5.34. The molecule has 8 heteroatoms. The Morgan fingerprint density at radius 2 is 2.03 bits per heavy atom. The number of sulfone groups is 1. The second kappa shape index (κ2) is 8.52. The van der Waals surface area contributed by atoms with Gasteiger partial charge in [-0.3, -0.25) is 4.79 Å². The average Bonchev–Trinajstić information content (AvgIpc) is 3.40. The maximum Gasteiger partial charge on any atom is 0.254 e. The number of aryl methyl sites for hydroxylation is 1. The van der Waals surface area contributed by atoms with Crippen LogP contribution in [0.3, 0.4) is 0 Å². The Morgan fingerprint density at radius 3 is 2.77 bits per heavy atom. The molecule has 0 saturated carbocycles. The molecule has 3 aromatic rings. The van der Waals surface area contributed by atoms with Crippen LogP contribution in [0, 0.1) is 18.3 Å². The van der Waals surface area contributed by atoms with Crippen LogP contribution in [0.25, 0.3) is 11.0 Å². The van der Waals surface area contributed by atoms with Crippen LogP contribution in [-0.2, 0) is 9.84 Å². The lowest BCUT2D eigenvalue weighted by atomic mass is 10.1. The SMILES string of the molecule is Cc1ccc2nc(C3CCCN3C(=O)c3ccc(S(=O)(=O)CCCC#N)cc3)[nH]c2c1. The summed E-state index contributed by atoms with van der Waals surface area (Å²) in [7, 11) is -3.46. The first-order valence-electron chi connectivity index (χ1n) is 10.4. The minimum absolute atomic E-state index is 0.0758. The highest BCUT2D eigenvalue weighted by atomic mass is 32.2. The van der Waals surface area contributed by atoms with Crippen molar-refractivity contribution in [3.05, 3.63) is 59.4 Å². The molecule has 1 amide bonds. The van der Waals surface area contributed by atoms with Crippen molar-refractivity contribution in [2.45, 2.75) is 43.5 Å². The lowest BCUT2D eigenvalue weighted by Crippen LogP contribution is -2.31. The van der Waals surface area contributed by atoms with E-state index in [0.29, 0.717) is 18.5 Å². The number of carbonyl (C=O) groups is 1. The Balaban J connectivity index is 1.53. The molecular weight excluding hydrogens is 412 g/mol. The number of fused-ring (bicyclic) bond motifs is 1. The maximum atomic E-state index is 13.2. The number of amides is 1. The Hall–Kier alpha value is -3.18. The molecule has 1 fully saturated rings. The van der Waals surface area contributed by atoms with Crippen LogP contribution < -0.4 is 0 Å². The van der Waals surface area contributed by atoms with E-state index in [1.807, 2.05) is 31.2 Å². The molecule has 1 aliphatic heterocycles. The number of unbranched alkanes of at least 4 members (excludes halogenated alkanes) is 1. The van der Waals surface area contributed by atoms with Crippen LogP contribution in [0.2, 0.25) is 0 Å². The zero-order valence-corrected chi connectivity index (χ0v) is 18.2. The molecule has 31 heavy (non-hydrogen) atoms. The van der Waals surface area contributed by atoms with Crippen LogP contribution in [-0.4, -0.2) is 41.5 Å². The van der Waals surface area contributed by atoms with Crippen LogP contribution >= 0.6 is 0 Å². The van der Waals surface area contributed by atoms with Gasteiger partial charge in [-0.1, -0.05) is 6.07 Å². The molecule has 160 valence electrons. The predicted octanol–water partition coefficient (Wildman–Crippen LogP) is 3.93. The molecule has 1 saturated heterocycles. The highest BCUT2D eigenvalue weighted by molar-refractivity contribution is 7.91. The van der Waals surface area contributed by atoms with Gasteiger partial charge in [0.1, 0.15) is 5.82 Å². The molecular formula is C23H24N4O3S. The van der Waals surface area contributed by atoms with E-state index in [4.69, 9.17) is 10.2 Å². The van der Waals surface area contributed by atoms with Gasteiger partial charge in [0, 0.05) is 18.5 Å². The number of benzene rings is 2. The minimum Gasteiger partial charge on any atom is -0.340 e. The van der Waals surface area contributed by atoms with Gasteiger partial charge in [0.25, 0.3) is 5.91 Å². The zero-order chi connectivity index (χ0) is 22.0. The van der Waals surface area contributed by atoms with Gasteiger partial charge in [0.05, 0.1) is 33.8 Å². The number of H-pyrrole nitrogens is 1. The molecule has 1 aliphatic rings. The first kappa shape index (κ1) is 21.1. The van der Waals surface area contributed by atoms with Gasteiger partial charge < -0.3 is 9.88 Å². The van der Waals surface area contributed by atoms with Gasteiger partial charge in [-0.15, -0.1) is 0 Å². The van der Waals surface area contributed by atoms with Crippen molar-refractivity contribution in [1.82, 2.24) is 14.9 Å². The number of carbonyl (C=O) groups excluding carboxylic acids is 1. The molecule has 7 nitrogen and oxygen atoms in total. The van der Waals surface area contributed by atoms with Gasteiger partial charge in [-0.2, -0.15) is 5.26 Å². The smallest absolute Gasteiger partial charge is 0.254 e. The van der Waals surface area contributed by atoms with E-state index < -0.39 is 9.84 Å². The van der Waals surface area contributed by atoms with Crippen LogP contribution in [0.1, 0.15) is 53.5 Å². The molecule has 1 aromatic heterocycles. The number of nitrogens with one attached hydrogen (secondary N) is 1. The third-order valence-corrected chi connectivity index (χ3v) is 7.46. The fourth-order valence-electron chi connectivity index (χ4n) is 4.02. The Kier molecular flexibility index (Phi) is 5.79. The van der Waals surface area contributed by atoms with E-state index in [-0.39, 0.29) is 29.0 Å². The van der Waals surface area contributed by atoms with Crippen LogP contribution in [0.4, 0.5) is 0 Å². The third kappa shape index (κ3) is 4.32. The topological polar surface area (TPSA) is 107 Å². The molecule has 2 aromatic carbocycles. The van der Waals surface area contributed by atoms with Crippen LogP contribution in [0.15, 0.2) is 47.4 Å². The molecule has 0 aliphatic carbocycles. The lowest BCUT2D eigenvalue weighted by molar-refractivity contribution is 0.0730. The summed E-state index contributed by atoms with van der Waals surface area (Å²) in [5.74, 6) is 0.573. The second-order valence-corrected chi connectivity index (χ2v) is 10.0. The first-order chi connectivity index (χ1) is 14.9. The third-order valence-electron chi connectivity index (χ3n) is 5.65. The largest absolute Gasteiger partial charge is 0.340 e. The standard InChI is InChI=1S/C23H24N4O3S/c1-16-6-11-19-20(15-16)26-22(25-19)21-5-4-13-27(21)23(28)17-7-9-18(10-8-17)31(29,30)14-3-2-12-24/h6-11,15,21H,2-5,13-14H2,1H3,(H,25,26). The molecule has 1 unspecified atom stereocenters. The fraction of sp³-hybridized carbons (Fsp3) is 0.348. The van der Waals surface area contributed by atoms with Crippen molar-refractivity contribution in [3.63, 3.8) is 0 Å². The molecule has 4 rings (SSSR count). The van der Waals surface area contributed by atoms with Crippen molar-refractivity contribution in [2.75, 3.05) is 12.3 Å². The number of imidazole rings is 1. The van der Waals surface area contributed by atoms with Gasteiger partial charge in [-0.25, -0.2) is 13.4 Å². The van der Waals surface area contributed by atoms with E-state index in [1.54, 1.807) is 17.0 Å². The van der Waals surface area contributed by atoms with Gasteiger partial charge in [0.15, 0.2) is 9.84 Å². The van der Waals surface area contributed by atoms with Crippen molar-refractivity contribution in [2.24, 2.45) is 0 Å². The summed E-state index contributed by atoms with van der Waals surface area (Å²) >= 11 is 0. The quantitative estimate of drug-likeness (QED) is 0.589. The second-order valence-electron chi connectivity index (χ2n) is 7.90. The number of aromatic amines is 1. The zero-order valence-electron chi connectivity index (χ0n) is 17.3. The normalized spacial score (nSPS) is 16.5. The van der Waals surface area contributed by atoms with Crippen molar-refractivity contribution in [3.8, 4) is 6.07 Å². The monoisotopic (exact) mass is 436 g/mol. The average molecular weight is 437 g/mol. The minimum atomic E-state index is -3.46. The summed E-state index contributed by atoms with van der Waals surface area (Å²) in [5, 5.41) is 8.60. The number of nitrogens with zero attached hydrogens (tertiary/aromatic N) is 3. The summed E-state index contributed by atoms with van der Waals surface area (Å²) in [6.45, 7) is 2.66. The predicted molar refractivity (Wildman–Crippen MR) is 117 cm³/mol. The Bertz CT molecular complexity index is 1260. The van der Waals surface area contributed by atoms with E-state index in [9.17, 15) is 13.2 Å². The number of hydrogen-bond acceptors (Lipinski definition) is 5. The van der Waals surface area contributed by atoms with E-state index >= 15 is 0 Å². The summed E-state index contributed by atoms with van der Waals surface area (Å²) in [5.41, 5.74) is 3.44. The summed E-state index contributed by atoms with van der Waals surface area (Å²) in [4.78, 5) is 23.2. The van der Waals surface area contributed by atoms with E-state index in [0.717, 1.165) is 35.3 Å². The van der Waals surface area contributed by atoms with E-state index in [1.165, 1.54) is 12.1 Å². The molecule has 0 bridgehead atoms. The van der Waals surface area contributed by atoms with Gasteiger partial charge in [0.2, 0.25) is 0 Å². The number of nitriles is 1. The number of aromatic nitrogens is 2. The van der Waals surface area contributed by atoms with E-state index in [2.05, 4.69) is 4.98 Å². The molecule has 1 N–H and O–H groups in total. The Morgan fingerprint density at radius 1 is 1.26 bits per heavy atom.